The molecule has 1 aromatic heterocycles. The second-order valence-electron chi connectivity index (χ2n) is 6.75. The zero-order valence-electron chi connectivity index (χ0n) is 15.0. The number of carbonyl (C=O) groups excluding carboxylic acids is 1. The van der Waals surface area contributed by atoms with Crippen molar-refractivity contribution in [1.82, 2.24) is 15.2 Å². The third-order valence-corrected chi connectivity index (χ3v) is 4.61. The molecule has 1 atom stereocenters. The molecular formula is C19H25N3O3. The lowest BCUT2D eigenvalue weighted by Gasteiger charge is -2.32. The number of carbonyl (C=O) groups is 1. The minimum atomic E-state index is -0.0192. The third kappa shape index (κ3) is 4.08. The van der Waals surface area contributed by atoms with Gasteiger partial charge in [-0.15, -0.1) is 0 Å². The van der Waals surface area contributed by atoms with Crippen molar-refractivity contribution in [3.8, 4) is 0 Å². The van der Waals surface area contributed by atoms with Crippen LogP contribution in [0.2, 0.25) is 0 Å². The zero-order chi connectivity index (χ0) is 18.0. The number of benzene rings is 1. The van der Waals surface area contributed by atoms with Gasteiger partial charge in [0.05, 0.1) is 18.2 Å². The summed E-state index contributed by atoms with van der Waals surface area (Å²) in [4.78, 5) is 29.0. The van der Waals surface area contributed by atoms with Gasteiger partial charge in [-0.1, -0.05) is 6.07 Å². The molecule has 2 aromatic rings. The van der Waals surface area contributed by atoms with E-state index in [0.29, 0.717) is 32.8 Å². The molecule has 6 nitrogen and oxygen atoms in total. The van der Waals surface area contributed by atoms with Crippen LogP contribution in [0.1, 0.15) is 23.7 Å². The van der Waals surface area contributed by atoms with Gasteiger partial charge in [-0.2, -0.15) is 0 Å². The first-order valence-corrected chi connectivity index (χ1v) is 8.65. The minimum Gasteiger partial charge on any atom is -0.373 e. The molecule has 1 aliphatic rings. The molecular weight excluding hydrogens is 318 g/mol. The molecule has 1 aliphatic heterocycles. The summed E-state index contributed by atoms with van der Waals surface area (Å²) in [7, 11) is 0. The van der Waals surface area contributed by atoms with Gasteiger partial charge in [0, 0.05) is 50.2 Å². The molecule has 0 spiro atoms. The number of aromatic nitrogens is 1. The number of morpholine rings is 1. The number of nitrogens with one attached hydrogen (secondary N) is 2. The number of hydrogen-bond acceptors (Lipinski definition) is 4. The minimum absolute atomic E-state index is 0.0192. The van der Waals surface area contributed by atoms with Gasteiger partial charge in [0.15, 0.2) is 5.43 Å². The molecule has 0 bridgehead atoms. The molecule has 25 heavy (non-hydrogen) atoms. The van der Waals surface area contributed by atoms with E-state index in [2.05, 4.69) is 16.4 Å². The summed E-state index contributed by atoms with van der Waals surface area (Å²) in [5.74, 6) is 0.0814. The lowest BCUT2D eigenvalue weighted by Crippen LogP contribution is -2.48. The summed E-state index contributed by atoms with van der Waals surface area (Å²) in [5.41, 5.74) is 3.94. The summed E-state index contributed by atoms with van der Waals surface area (Å²) in [6, 6.07) is 5.64. The van der Waals surface area contributed by atoms with E-state index in [4.69, 9.17) is 4.74 Å². The van der Waals surface area contributed by atoms with E-state index in [1.807, 2.05) is 19.9 Å². The predicted molar refractivity (Wildman–Crippen MR) is 97.7 cm³/mol. The van der Waals surface area contributed by atoms with Gasteiger partial charge in [0.2, 0.25) is 5.91 Å². The second-order valence-corrected chi connectivity index (χ2v) is 6.75. The van der Waals surface area contributed by atoms with Gasteiger partial charge < -0.3 is 19.9 Å². The molecule has 0 unspecified atom stereocenters. The first kappa shape index (κ1) is 17.6. The van der Waals surface area contributed by atoms with Crippen LogP contribution in [-0.4, -0.2) is 48.1 Å². The van der Waals surface area contributed by atoms with Crippen molar-refractivity contribution < 1.29 is 9.53 Å². The fraction of sp³-hybridized carbons (Fsp3) is 0.474. The van der Waals surface area contributed by atoms with Crippen molar-refractivity contribution >= 4 is 16.8 Å². The first-order valence-electron chi connectivity index (χ1n) is 8.65. The van der Waals surface area contributed by atoms with Crippen LogP contribution in [0.15, 0.2) is 23.0 Å². The molecule has 0 radical (unpaired) electrons. The molecule has 3 rings (SSSR count). The van der Waals surface area contributed by atoms with Crippen LogP contribution in [0.25, 0.3) is 10.9 Å². The maximum atomic E-state index is 12.4. The van der Waals surface area contributed by atoms with Gasteiger partial charge >= 0.3 is 0 Å². The van der Waals surface area contributed by atoms with E-state index in [-0.39, 0.29) is 17.4 Å². The molecule has 2 N–H and O–H groups in total. The highest BCUT2D eigenvalue weighted by Crippen LogP contribution is 2.16. The molecule has 1 amide bonds. The standard InChI is InChI=1S/C19H25N3O3/c1-12-6-13(2)19-17(7-12)18(24)8-15(21-19)9-20-10-16-11-22(14(3)23)4-5-25-16/h6-8,16,20H,4-5,9-11H2,1-3H3,(H,21,24)/t16-/m1/s1. The summed E-state index contributed by atoms with van der Waals surface area (Å²) in [5, 5.41) is 4.05. The number of rotatable bonds is 4. The topological polar surface area (TPSA) is 74.4 Å². The SMILES string of the molecule is CC(=O)N1CCO[C@H](CNCc2cc(=O)c3cc(C)cc(C)c3[nH]2)C1. The average molecular weight is 343 g/mol. The van der Waals surface area contributed by atoms with E-state index < -0.39 is 0 Å². The van der Waals surface area contributed by atoms with E-state index in [1.54, 1.807) is 17.9 Å². The Hall–Kier alpha value is -2.18. The highest BCUT2D eigenvalue weighted by Gasteiger charge is 2.21. The Bertz CT molecular complexity index is 844. The lowest BCUT2D eigenvalue weighted by molar-refractivity contribution is -0.136. The zero-order valence-corrected chi connectivity index (χ0v) is 15.0. The highest BCUT2D eigenvalue weighted by molar-refractivity contribution is 5.82. The number of ether oxygens (including phenoxy) is 1. The maximum Gasteiger partial charge on any atom is 0.219 e. The molecule has 6 heteroatoms. The van der Waals surface area contributed by atoms with Crippen LogP contribution in [0.4, 0.5) is 0 Å². The second kappa shape index (κ2) is 7.37. The maximum absolute atomic E-state index is 12.4. The summed E-state index contributed by atoms with van der Waals surface area (Å²) in [6.07, 6.45) is -0.0192. The molecule has 1 aromatic carbocycles. The van der Waals surface area contributed by atoms with Crippen LogP contribution >= 0.6 is 0 Å². The number of fused-ring (bicyclic) bond motifs is 1. The van der Waals surface area contributed by atoms with E-state index >= 15 is 0 Å². The van der Waals surface area contributed by atoms with Gasteiger partial charge in [-0.3, -0.25) is 9.59 Å². The smallest absolute Gasteiger partial charge is 0.219 e. The molecule has 1 saturated heterocycles. The summed E-state index contributed by atoms with van der Waals surface area (Å²) in [6.45, 7) is 8.61. The van der Waals surface area contributed by atoms with Crippen LogP contribution in [0, 0.1) is 13.8 Å². The number of aromatic amines is 1. The molecule has 2 heterocycles. The van der Waals surface area contributed by atoms with Crippen LogP contribution in [0.5, 0.6) is 0 Å². The number of nitrogens with zero attached hydrogens (tertiary/aromatic N) is 1. The predicted octanol–water partition coefficient (Wildman–Crippen LogP) is 1.48. The van der Waals surface area contributed by atoms with Crippen LogP contribution in [0.3, 0.4) is 0 Å². The number of H-pyrrole nitrogens is 1. The Labute approximate surface area is 147 Å². The van der Waals surface area contributed by atoms with Crippen molar-refractivity contribution in [1.29, 1.82) is 0 Å². The monoisotopic (exact) mass is 343 g/mol. The Kier molecular flexibility index (Phi) is 5.20. The quantitative estimate of drug-likeness (QED) is 0.882. The van der Waals surface area contributed by atoms with E-state index in [1.165, 1.54) is 0 Å². The Morgan fingerprint density at radius 3 is 2.92 bits per heavy atom. The molecule has 0 aliphatic carbocycles. The van der Waals surface area contributed by atoms with Crippen molar-refractivity contribution in [2.75, 3.05) is 26.2 Å². The Morgan fingerprint density at radius 1 is 1.36 bits per heavy atom. The number of hydrogen-bond donors (Lipinski definition) is 2. The van der Waals surface area contributed by atoms with Crippen molar-refractivity contribution in [3.63, 3.8) is 0 Å². The molecule has 1 fully saturated rings. The Balaban J connectivity index is 1.66. The number of amides is 1. The Morgan fingerprint density at radius 2 is 2.16 bits per heavy atom. The van der Waals surface area contributed by atoms with Gasteiger partial charge in [0.1, 0.15) is 0 Å². The summed E-state index contributed by atoms with van der Waals surface area (Å²) < 4.78 is 5.69. The van der Waals surface area contributed by atoms with Crippen molar-refractivity contribution in [2.45, 2.75) is 33.4 Å². The van der Waals surface area contributed by atoms with Crippen LogP contribution < -0.4 is 10.7 Å². The lowest BCUT2D eigenvalue weighted by atomic mass is 10.1. The van der Waals surface area contributed by atoms with Crippen molar-refractivity contribution in [2.24, 2.45) is 0 Å². The summed E-state index contributed by atoms with van der Waals surface area (Å²) >= 11 is 0. The van der Waals surface area contributed by atoms with Gasteiger partial charge in [0.25, 0.3) is 0 Å². The first-order chi connectivity index (χ1) is 11.9. The van der Waals surface area contributed by atoms with Crippen molar-refractivity contribution in [3.05, 3.63) is 45.2 Å². The average Bonchev–Trinajstić information content (AvgIpc) is 2.56. The number of pyridine rings is 1. The normalized spacial score (nSPS) is 17.9. The fourth-order valence-corrected chi connectivity index (χ4v) is 3.35. The number of aryl methyl sites for hydroxylation is 2. The fourth-order valence-electron chi connectivity index (χ4n) is 3.35. The van der Waals surface area contributed by atoms with E-state index in [0.717, 1.165) is 27.7 Å². The largest absolute Gasteiger partial charge is 0.373 e. The molecule has 134 valence electrons. The highest BCUT2D eigenvalue weighted by atomic mass is 16.5. The van der Waals surface area contributed by atoms with E-state index in [9.17, 15) is 9.59 Å². The third-order valence-electron chi connectivity index (χ3n) is 4.61. The van der Waals surface area contributed by atoms with Gasteiger partial charge in [-0.05, 0) is 31.0 Å². The van der Waals surface area contributed by atoms with Crippen LogP contribution in [-0.2, 0) is 16.1 Å². The molecule has 0 saturated carbocycles. The van der Waals surface area contributed by atoms with Gasteiger partial charge in [-0.25, -0.2) is 0 Å².